The summed E-state index contributed by atoms with van der Waals surface area (Å²) < 4.78 is 62.4. The van der Waals surface area contributed by atoms with Crippen molar-refractivity contribution in [2.45, 2.75) is 50.9 Å². The number of hydrogen-bond acceptors (Lipinski definition) is 7. The van der Waals surface area contributed by atoms with Crippen LogP contribution in [-0.2, 0) is 13.2 Å². The predicted octanol–water partition coefficient (Wildman–Crippen LogP) is 4.74. The normalized spacial score (nSPS) is 18.1. The molecule has 200 valence electrons. The summed E-state index contributed by atoms with van der Waals surface area (Å²) in [5, 5.41) is 8.86. The van der Waals surface area contributed by atoms with Crippen molar-refractivity contribution in [1.82, 2.24) is 29.3 Å². The van der Waals surface area contributed by atoms with Crippen LogP contribution in [0.15, 0.2) is 41.7 Å². The first kappa shape index (κ1) is 25.6. The number of nitrogens with zero attached hydrogens (tertiary/aromatic N) is 6. The van der Waals surface area contributed by atoms with Crippen LogP contribution in [0, 0.1) is 5.82 Å². The van der Waals surface area contributed by atoms with Gasteiger partial charge in [0, 0.05) is 55.4 Å². The Labute approximate surface area is 214 Å². The Morgan fingerprint density at radius 2 is 1.89 bits per heavy atom. The number of anilines is 1. The van der Waals surface area contributed by atoms with Gasteiger partial charge in [-0.1, -0.05) is 0 Å². The largest absolute Gasteiger partial charge is 0.472 e. The van der Waals surface area contributed by atoms with Gasteiger partial charge in [-0.25, -0.2) is 24.1 Å². The number of hydrogen-bond donors (Lipinski definition) is 1. The van der Waals surface area contributed by atoms with Crippen LogP contribution in [0.2, 0.25) is 0 Å². The molecule has 1 saturated carbocycles. The lowest BCUT2D eigenvalue weighted by Crippen LogP contribution is -2.27. The third kappa shape index (κ3) is 4.92. The summed E-state index contributed by atoms with van der Waals surface area (Å²) in [6.07, 6.45) is 2.62. The van der Waals surface area contributed by atoms with Crippen molar-refractivity contribution in [2.24, 2.45) is 7.05 Å². The SMILES string of the molecule is CCNc1cc2c(cn1)c(-c1cnc(=O)n(C)c1)nn2[C@H]1CC[C@@H](Oc2nccc(C(F)(F)F)c2F)CC1. The zero-order chi connectivity index (χ0) is 27.0. The second-order valence-corrected chi connectivity index (χ2v) is 9.17. The number of nitrogens with one attached hydrogen (secondary N) is 1. The Hall–Kier alpha value is -4.03. The fourth-order valence-corrected chi connectivity index (χ4v) is 4.73. The second-order valence-electron chi connectivity index (χ2n) is 9.17. The van der Waals surface area contributed by atoms with Gasteiger partial charge in [-0.15, -0.1) is 0 Å². The molecular formula is C25H25F4N7O2. The molecule has 0 saturated heterocycles. The minimum absolute atomic E-state index is 0.0391. The summed E-state index contributed by atoms with van der Waals surface area (Å²) >= 11 is 0. The summed E-state index contributed by atoms with van der Waals surface area (Å²) in [5.74, 6) is -1.45. The van der Waals surface area contributed by atoms with Gasteiger partial charge in [-0.3, -0.25) is 4.68 Å². The lowest BCUT2D eigenvalue weighted by molar-refractivity contribution is -0.140. The summed E-state index contributed by atoms with van der Waals surface area (Å²) in [4.78, 5) is 23.9. The molecule has 1 N–H and O–H groups in total. The molecule has 0 aliphatic heterocycles. The maximum Gasteiger partial charge on any atom is 0.419 e. The monoisotopic (exact) mass is 531 g/mol. The van der Waals surface area contributed by atoms with Gasteiger partial charge >= 0.3 is 11.9 Å². The molecule has 0 radical (unpaired) electrons. The van der Waals surface area contributed by atoms with E-state index >= 15 is 0 Å². The van der Waals surface area contributed by atoms with E-state index in [0.717, 1.165) is 17.1 Å². The minimum atomic E-state index is -4.83. The van der Waals surface area contributed by atoms with Gasteiger partial charge in [-0.2, -0.15) is 18.3 Å². The fourth-order valence-electron chi connectivity index (χ4n) is 4.73. The van der Waals surface area contributed by atoms with Crippen LogP contribution >= 0.6 is 0 Å². The Morgan fingerprint density at radius 1 is 1.13 bits per heavy atom. The molecule has 4 aromatic heterocycles. The van der Waals surface area contributed by atoms with Crippen LogP contribution in [0.5, 0.6) is 5.88 Å². The molecule has 0 atom stereocenters. The topological polar surface area (TPSA) is 99.8 Å². The van der Waals surface area contributed by atoms with Crippen molar-refractivity contribution < 1.29 is 22.3 Å². The Kier molecular flexibility index (Phi) is 6.76. The van der Waals surface area contributed by atoms with E-state index < -0.39 is 29.5 Å². The zero-order valence-electron chi connectivity index (χ0n) is 20.7. The Bertz CT molecular complexity index is 1520. The lowest BCUT2D eigenvalue weighted by atomic mass is 9.93. The van der Waals surface area contributed by atoms with Gasteiger partial charge in [0.05, 0.1) is 17.1 Å². The van der Waals surface area contributed by atoms with E-state index in [9.17, 15) is 22.4 Å². The van der Waals surface area contributed by atoms with Crippen molar-refractivity contribution in [2.75, 3.05) is 11.9 Å². The quantitative estimate of drug-likeness (QED) is 0.359. The van der Waals surface area contributed by atoms with Crippen LogP contribution in [0.1, 0.15) is 44.2 Å². The molecule has 1 fully saturated rings. The van der Waals surface area contributed by atoms with E-state index in [2.05, 4.69) is 20.3 Å². The highest BCUT2D eigenvalue weighted by molar-refractivity contribution is 5.93. The Morgan fingerprint density at radius 3 is 2.58 bits per heavy atom. The van der Waals surface area contributed by atoms with Gasteiger partial charge in [0.1, 0.15) is 17.6 Å². The molecule has 0 spiro atoms. The molecule has 1 aliphatic rings. The average molecular weight is 532 g/mol. The molecular weight excluding hydrogens is 506 g/mol. The van der Waals surface area contributed by atoms with Gasteiger partial charge in [0.2, 0.25) is 0 Å². The highest BCUT2D eigenvalue weighted by Crippen LogP contribution is 2.38. The summed E-state index contributed by atoms with van der Waals surface area (Å²) in [6.45, 7) is 2.65. The first-order valence-corrected chi connectivity index (χ1v) is 12.2. The van der Waals surface area contributed by atoms with Gasteiger partial charge in [0.15, 0.2) is 5.82 Å². The first-order chi connectivity index (χ1) is 18.2. The molecule has 4 heterocycles. The first-order valence-electron chi connectivity index (χ1n) is 12.2. The van der Waals surface area contributed by atoms with Crippen molar-refractivity contribution in [1.29, 1.82) is 0 Å². The van der Waals surface area contributed by atoms with Crippen molar-refractivity contribution in [3.63, 3.8) is 0 Å². The zero-order valence-corrected chi connectivity index (χ0v) is 20.7. The number of ether oxygens (including phenoxy) is 1. The van der Waals surface area contributed by atoms with Crippen molar-refractivity contribution >= 4 is 16.7 Å². The number of aromatic nitrogens is 6. The number of halogens is 4. The summed E-state index contributed by atoms with van der Waals surface area (Å²) in [5.41, 5.74) is 0.360. The van der Waals surface area contributed by atoms with Crippen LogP contribution in [0.25, 0.3) is 22.2 Å². The molecule has 0 amide bonds. The number of rotatable bonds is 6. The maximum atomic E-state index is 14.4. The molecule has 38 heavy (non-hydrogen) atoms. The van der Waals surface area contributed by atoms with Crippen LogP contribution < -0.4 is 15.7 Å². The number of pyridine rings is 2. The number of fused-ring (bicyclic) bond motifs is 1. The predicted molar refractivity (Wildman–Crippen MR) is 131 cm³/mol. The van der Waals surface area contributed by atoms with Crippen molar-refractivity contribution in [3.8, 4) is 17.1 Å². The molecule has 0 unspecified atom stereocenters. The fraction of sp³-hybridized carbons (Fsp3) is 0.400. The van der Waals surface area contributed by atoms with E-state index in [1.165, 1.54) is 10.8 Å². The molecule has 1 aliphatic carbocycles. The van der Waals surface area contributed by atoms with E-state index in [0.29, 0.717) is 55.4 Å². The molecule has 0 aromatic carbocycles. The van der Waals surface area contributed by atoms with Crippen molar-refractivity contribution in [3.05, 3.63) is 58.8 Å². The average Bonchev–Trinajstić information content (AvgIpc) is 3.26. The van der Waals surface area contributed by atoms with Gasteiger partial charge in [0.25, 0.3) is 5.88 Å². The molecule has 5 rings (SSSR count). The van der Waals surface area contributed by atoms with Gasteiger partial charge < -0.3 is 14.6 Å². The van der Waals surface area contributed by atoms with E-state index in [4.69, 9.17) is 9.84 Å². The van der Waals surface area contributed by atoms with Crippen LogP contribution in [0.3, 0.4) is 0 Å². The van der Waals surface area contributed by atoms with Crippen LogP contribution in [0.4, 0.5) is 23.4 Å². The molecule has 9 nitrogen and oxygen atoms in total. The minimum Gasteiger partial charge on any atom is -0.472 e. The number of alkyl halides is 3. The molecule has 13 heteroatoms. The highest BCUT2D eigenvalue weighted by Gasteiger charge is 2.36. The molecule has 0 bridgehead atoms. The second kappa shape index (κ2) is 10.0. The third-order valence-corrected chi connectivity index (χ3v) is 6.60. The maximum absolute atomic E-state index is 14.4. The summed E-state index contributed by atoms with van der Waals surface area (Å²) in [6, 6.07) is 2.47. The smallest absolute Gasteiger partial charge is 0.419 e. The number of aryl methyl sites for hydroxylation is 1. The van der Waals surface area contributed by atoms with E-state index in [1.807, 2.05) is 17.7 Å². The lowest BCUT2D eigenvalue weighted by Gasteiger charge is -2.29. The Balaban J connectivity index is 1.41. The highest BCUT2D eigenvalue weighted by atomic mass is 19.4. The van der Waals surface area contributed by atoms with Crippen LogP contribution in [-0.4, -0.2) is 41.9 Å². The molecule has 4 aromatic rings. The van der Waals surface area contributed by atoms with E-state index in [1.54, 1.807) is 19.4 Å². The third-order valence-electron chi connectivity index (χ3n) is 6.60. The summed E-state index contributed by atoms with van der Waals surface area (Å²) in [7, 11) is 1.61. The standard InChI is InChI=1S/C25H25F4N7O2/c1-3-30-20-10-19-17(12-32-20)22(14-11-33-24(37)35(2)13-14)34-36(19)15-4-6-16(7-5-15)38-23-21(26)18(8-9-31-23)25(27,28)29/h8-13,15-16H,3-7H2,1-2H3,(H,30,32)/t15-,16+. The van der Waals surface area contributed by atoms with Gasteiger partial charge in [-0.05, 0) is 38.7 Å². The van der Waals surface area contributed by atoms with E-state index in [-0.39, 0.29) is 11.7 Å².